The van der Waals surface area contributed by atoms with Crippen LogP contribution in [-0.2, 0) is 15.9 Å². The smallest absolute Gasteiger partial charge is 0.373 e. The van der Waals surface area contributed by atoms with E-state index >= 15 is 0 Å². The third-order valence-electron chi connectivity index (χ3n) is 7.35. The Labute approximate surface area is 224 Å². The van der Waals surface area contributed by atoms with Crippen LogP contribution in [0.3, 0.4) is 0 Å². The molecule has 0 spiro atoms. The summed E-state index contributed by atoms with van der Waals surface area (Å²) in [6, 6.07) is 17.8. The van der Waals surface area contributed by atoms with Gasteiger partial charge in [-0.05, 0) is 71.3 Å². The van der Waals surface area contributed by atoms with Gasteiger partial charge in [-0.25, -0.2) is 0 Å². The standard InChI is InChI=1S/C29H29F6NO2S/c1-26(27(37,28(30,31)32)29(33,34)35)17-15-22(16-18-26)12-14-24(13-11-21-7-4-3-5-8-21)39(2,38)25-10-6-9-23(19-25)20-36/h3-10,15-17,19,24,37H,2,11-14,18H2,1H3. The van der Waals surface area contributed by atoms with E-state index in [2.05, 4.69) is 5.87 Å². The molecular weight excluding hydrogens is 540 g/mol. The highest BCUT2D eigenvalue weighted by Crippen LogP contribution is 2.56. The van der Waals surface area contributed by atoms with Gasteiger partial charge in [0.25, 0.3) is 5.60 Å². The molecule has 0 aliphatic heterocycles. The minimum absolute atomic E-state index is 0.229. The maximum atomic E-state index is 14.0. The number of halogens is 6. The van der Waals surface area contributed by atoms with Gasteiger partial charge in [0.1, 0.15) is 0 Å². The van der Waals surface area contributed by atoms with Crippen LogP contribution in [0.25, 0.3) is 0 Å². The van der Waals surface area contributed by atoms with Crippen LogP contribution >= 0.6 is 0 Å². The Morgan fingerprint density at radius 1 is 1.03 bits per heavy atom. The Morgan fingerprint density at radius 3 is 2.18 bits per heavy atom. The van der Waals surface area contributed by atoms with Crippen LogP contribution in [0.2, 0.25) is 0 Å². The molecule has 1 aliphatic carbocycles. The van der Waals surface area contributed by atoms with E-state index in [0.29, 0.717) is 35.3 Å². The number of hydrogen-bond donors (Lipinski definition) is 1. The normalized spacial score (nSPS) is 20.5. The SMILES string of the molecule is C=S(=O)(c1cccc(C#N)c1)C(CCC1=CCC(C)(C(O)(C(F)(F)F)C(F)(F)F)C=C1)CCc1ccccc1. The van der Waals surface area contributed by atoms with Crippen molar-refractivity contribution in [2.24, 2.45) is 5.41 Å². The average molecular weight is 570 g/mol. The van der Waals surface area contributed by atoms with E-state index in [1.807, 2.05) is 36.4 Å². The molecule has 3 rings (SSSR count). The molecule has 0 bridgehead atoms. The Bertz CT molecular complexity index is 1360. The molecule has 0 aromatic heterocycles. The van der Waals surface area contributed by atoms with Crippen molar-refractivity contribution in [2.75, 3.05) is 0 Å². The first-order chi connectivity index (χ1) is 18.0. The van der Waals surface area contributed by atoms with E-state index in [1.165, 1.54) is 18.2 Å². The average Bonchev–Trinajstić information content (AvgIpc) is 2.88. The lowest BCUT2D eigenvalue weighted by Crippen LogP contribution is -2.65. The highest BCUT2D eigenvalue weighted by molar-refractivity contribution is 8.00. The molecule has 39 heavy (non-hydrogen) atoms. The van der Waals surface area contributed by atoms with Gasteiger partial charge < -0.3 is 5.11 Å². The number of hydrogen-bond acceptors (Lipinski definition) is 3. The van der Waals surface area contributed by atoms with Crippen molar-refractivity contribution in [2.45, 2.75) is 67.1 Å². The summed E-state index contributed by atoms with van der Waals surface area (Å²) in [5.74, 6) is 4.00. The summed E-state index contributed by atoms with van der Waals surface area (Å²) in [7, 11) is -2.93. The first-order valence-corrected chi connectivity index (χ1v) is 14.0. The van der Waals surface area contributed by atoms with E-state index in [4.69, 9.17) is 0 Å². The second kappa shape index (κ2) is 11.2. The molecular formula is C29H29F6NO2S. The summed E-state index contributed by atoms with van der Waals surface area (Å²) in [6.07, 6.45) is -7.81. The van der Waals surface area contributed by atoms with Crippen molar-refractivity contribution in [3.8, 4) is 6.07 Å². The summed E-state index contributed by atoms with van der Waals surface area (Å²) < 4.78 is 94.8. The van der Waals surface area contributed by atoms with E-state index in [1.54, 1.807) is 18.2 Å². The molecule has 0 fully saturated rings. The van der Waals surface area contributed by atoms with Crippen LogP contribution in [0.1, 0.15) is 43.7 Å². The zero-order valence-corrected chi connectivity index (χ0v) is 22.0. The number of alkyl halides is 6. The van der Waals surface area contributed by atoms with Crippen LogP contribution in [0.15, 0.2) is 83.3 Å². The molecule has 3 unspecified atom stereocenters. The largest absolute Gasteiger partial charge is 0.427 e. The third-order valence-corrected chi connectivity index (χ3v) is 9.95. The fraction of sp³-hybridized carbons (Fsp3) is 0.379. The maximum Gasteiger partial charge on any atom is 0.427 e. The Hall–Kier alpha value is -3.03. The molecule has 10 heteroatoms. The first-order valence-electron chi connectivity index (χ1n) is 12.2. The van der Waals surface area contributed by atoms with Gasteiger partial charge in [-0.2, -0.15) is 31.6 Å². The number of aryl methyl sites for hydroxylation is 1. The fourth-order valence-corrected chi connectivity index (χ4v) is 6.85. The Morgan fingerprint density at radius 2 is 1.64 bits per heavy atom. The molecule has 2 aromatic carbocycles. The van der Waals surface area contributed by atoms with E-state index in [-0.39, 0.29) is 6.42 Å². The second-order valence-electron chi connectivity index (χ2n) is 9.99. The molecule has 210 valence electrons. The van der Waals surface area contributed by atoms with Gasteiger partial charge in [0.2, 0.25) is 0 Å². The van der Waals surface area contributed by atoms with Crippen molar-refractivity contribution >= 4 is 15.4 Å². The number of nitriles is 1. The van der Waals surface area contributed by atoms with E-state index < -0.39 is 44.6 Å². The highest BCUT2D eigenvalue weighted by Gasteiger charge is 2.77. The monoisotopic (exact) mass is 569 g/mol. The number of aliphatic hydroxyl groups is 1. The molecule has 0 radical (unpaired) electrons. The molecule has 1 aliphatic rings. The van der Waals surface area contributed by atoms with Crippen LogP contribution in [0, 0.1) is 16.7 Å². The van der Waals surface area contributed by atoms with Gasteiger partial charge in [-0.3, -0.25) is 4.21 Å². The van der Waals surface area contributed by atoms with Crippen molar-refractivity contribution in [3.63, 3.8) is 0 Å². The van der Waals surface area contributed by atoms with E-state index in [0.717, 1.165) is 18.6 Å². The van der Waals surface area contributed by atoms with Crippen molar-refractivity contribution < 1.29 is 35.7 Å². The first kappa shape index (κ1) is 30.5. The van der Waals surface area contributed by atoms with E-state index in [9.17, 15) is 40.9 Å². The topological polar surface area (TPSA) is 61.1 Å². The van der Waals surface area contributed by atoms with Crippen LogP contribution in [0.5, 0.6) is 0 Å². The minimum Gasteiger partial charge on any atom is -0.373 e. The Balaban J connectivity index is 1.84. The highest BCUT2D eigenvalue weighted by atomic mass is 32.2. The van der Waals surface area contributed by atoms with Crippen molar-refractivity contribution in [3.05, 3.63) is 89.5 Å². The number of nitrogens with zero attached hydrogens (tertiary/aromatic N) is 1. The summed E-state index contributed by atoms with van der Waals surface area (Å²) in [6.45, 7) is 0.728. The van der Waals surface area contributed by atoms with Gasteiger partial charge in [0.15, 0.2) is 0 Å². The van der Waals surface area contributed by atoms with Gasteiger partial charge in [-0.15, -0.1) is 0 Å². The lowest BCUT2D eigenvalue weighted by Gasteiger charge is -2.45. The predicted molar refractivity (Wildman–Crippen MR) is 139 cm³/mol. The lowest BCUT2D eigenvalue weighted by atomic mass is 9.67. The predicted octanol–water partition coefficient (Wildman–Crippen LogP) is 7.16. The summed E-state index contributed by atoms with van der Waals surface area (Å²) in [5, 5.41) is 18.7. The van der Waals surface area contributed by atoms with Gasteiger partial charge in [0.05, 0.1) is 11.6 Å². The Kier molecular flexibility index (Phi) is 8.78. The van der Waals surface area contributed by atoms with Gasteiger partial charge >= 0.3 is 12.4 Å². The molecule has 0 saturated heterocycles. The molecule has 1 N–H and O–H groups in total. The molecule has 0 amide bonds. The molecule has 3 atom stereocenters. The van der Waals surface area contributed by atoms with Gasteiger partial charge in [-0.1, -0.05) is 67.1 Å². The second-order valence-corrected chi connectivity index (χ2v) is 12.6. The van der Waals surface area contributed by atoms with Crippen LogP contribution < -0.4 is 0 Å². The zero-order valence-electron chi connectivity index (χ0n) is 21.2. The van der Waals surface area contributed by atoms with Crippen molar-refractivity contribution in [1.29, 1.82) is 5.26 Å². The molecule has 3 nitrogen and oxygen atoms in total. The molecule has 0 heterocycles. The van der Waals surface area contributed by atoms with Crippen LogP contribution in [-0.4, -0.2) is 38.4 Å². The quantitative estimate of drug-likeness (QED) is 0.258. The fourth-order valence-electron chi connectivity index (χ4n) is 4.83. The number of rotatable bonds is 9. The lowest BCUT2D eigenvalue weighted by molar-refractivity contribution is -0.395. The summed E-state index contributed by atoms with van der Waals surface area (Å²) >= 11 is 0. The molecule has 0 saturated carbocycles. The zero-order chi connectivity index (χ0) is 29.1. The minimum atomic E-state index is -5.93. The number of benzene rings is 2. The van der Waals surface area contributed by atoms with Crippen molar-refractivity contribution in [1.82, 2.24) is 0 Å². The number of allylic oxidation sites excluding steroid dienone is 3. The molecule has 2 aromatic rings. The summed E-state index contributed by atoms with van der Waals surface area (Å²) in [4.78, 5) is 0.403. The van der Waals surface area contributed by atoms with Gasteiger partial charge in [0, 0.05) is 15.6 Å². The maximum absolute atomic E-state index is 14.0. The third kappa shape index (κ3) is 6.25. The van der Waals surface area contributed by atoms with Crippen LogP contribution in [0.4, 0.5) is 26.3 Å². The summed E-state index contributed by atoms with van der Waals surface area (Å²) in [5.41, 5.74) is -5.77.